The SMILES string of the molecule is CC1CC(Nc2ccccc2)c2ccccc2N1C(=O)c1cccs1. The van der Waals surface area contributed by atoms with E-state index in [9.17, 15) is 4.79 Å². The van der Waals surface area contributed by atoms with Gasteiger partial charge in [-0.1, -0.05) is 42.5 Å². The summed E-state index contributed by atoms with van der Waals surface area (Å²) >= 11 is 1.50. The molecule has 0 saturated carbocycles. The Morgan fingerprint density at radius 2 is 1.80 bits per heavy atom. The molecule has 0 bridgehead atoms. The molecule has 1 amide bonds. The van der Waals surface area contributed by atoms with Crippen molar-refractivity contribution in [1.29, 1.82) is 0 Å². The topological polar surface area (TPSA) is 32.3 Å². The number of anilines is 2. The summed E-state index contributed by atoms with van der Waals surface area (Å²) in [7, 11) is 0. The molecular weight excluding hydrogens is 328 g/mol. The van der Waals surface area contributed by atoms with E-state index >= 15 is 0 Å². The summed E-state index contributed by atoms with van der Waals surface area (Å²) in [6.07, 6.45) is 0.878. The number of carbonyl (C=O) groups is 1. The van der Waals surface area contributed by atoms with Crippen molar-refractivity contribution in [2.45, 2.75) is 25.4 Å². The van der Waals surface area contributed by atoms with Gasteiger partial charge in [-0.05, 0) is 48.6 Å². The molecule has 1 aromatic heterocycles. The summed E-state index contributed by atoms with van der Waals surface area (Å²) in [4.78, 5) is 15.8. The fourth-order valence-electron chi connectivity index (χ4n) is 3.51. The first kappa shape index (κ1) is 15.9. The van der Waals surface area contributed by atoms with Crippen LogP contribution in [0.25, 0.3) is 0 Å². The van der Waals surface area contributed by atoms with Crippen LogP contribution in [0.2, 0.25) is 0 Å². The lowest BCUT2D eigenvalue weighted by Crippen LogP contribution is -2.44. The summed E-state index contributed by atoms with van der Waals surface area (Å²) in [6.45, 7) is 2.13. The van der Waals surface area contributed by atoms with Crippen molar-refractivity contribution >= 4 is 28.6 Å². The van der Waals surface area contributed by atoms with Gasteiger partial charge in [-0.15, -0.1) is 11.3 Å². The average Bonchev–Trinajstić information content (AvgIpc) is 3.17. The van der Waals surface area contributed by atoms with Crippen molar-refractivity contribution in [1.82, 2.24) is 0 Å². The van der Waals surface area contributed by atoms with Crippen LogP contribution in [-0.2, 0) is 0 Å². The zero-order valence-electron chi connectivity index (χ0n) is 14.1. The predicted octanol–water partition coefficient (Wildman–Crippen LogP) is 5.34. The van der Waals surface area contributed by atoms with Gasteiger partial charge in [0, 0.05) is 17.4 Å². The van der Waals surface area contributed by atoms with Gasteiger partial charge in [-0.3, -0.25) is 4.79 Å². The fourth-order valence-corrected chi connectivity index (χ4v) is 4.17. The minimum absolute atomic E-state index is 0.0908. The maximum absolute atomic E-state index is 13.0. The number of amides is 1. The van der Waals surface area contributed by atoms with E-state index in [0.717, 1.165) is 22.7 Å². The Hall–Kier alpha value is -2.59. The first-order chi connectivity index (χ1) is 12.2. The lowest BCUT2D eigenvalue weighted by molar-refractivity contribution is 0.0978. The second-order valence-corrected chi connectivity index (χ2v) is 7.31. The molecule has 0 saturated heterocycles. The third kappa shape index (κ3) is 3.05. The van der Waals surface area contributed by atoms with E-state index in [2.05, 4.69) is 36.5 Å². The molecule has 2 heterocycles. The molecule has 0 spiro atoms. The molecule has 0 fully saturated rings. The number of fused-ring (bicyclic) bond motifs is 1. The second kappa shape index (κ2) is 6.73. The summed E-state index contributed by atoms with van der Waals surface area (Å²) in [5.41, 5.74) is 3.29. The van der Waals surface area contributed by atoms with Crippen molar-refractivity contribution in [3.8, 4) is 0 Å². The third-order valence-electron chi connectivity index (χ3n) is 4.65. The Kier molecular flexibility index (Phi) is 4.28. The van der Waals surface area contributed by atoms with E-state index < -0.39 is 0 Å². The Morgan fingerprint density at radius 3 is 2.56 bits per heavy atom. The first-order valence-corrected chi connectivity index (χ1v) is 9.39. The fraction of sp³-hybridized carbons (Fsp3) is 0.190. The maximum Gasteiger partial charge on any atom is 0.268 e. The molecule has 0 radical (unpaired) electrons. The van der Waals surface area contributed by atoms with Crippen LogP contribution in [0.15, 0.2) is 72.1 Å². The highest BCUT2D eigenvalue weighted by Crippen LogP contribution is 2.39. The van der Waals surface area contributed by atoms with E-state index in [0.29, 0.717) is 0 Å². The molecule has 2 atom stereocenters. The van der Waals surface area contributed by atoms with Gasteiger partial charge in [0.25, 0.3) is 5.91 Å². The number of carbonyl (C=O) groups excluding carboxylic acids is 1. The summed E-state index contributed by atoms with van der Waals surface area (Å²) < 4.78 is 0. The lowest BCUT2D eigenvalue weighted by atomic mass is 9.91. The number of para-hydroxylation sites is 2. The Labute approximate surface area is 151 Å². The highest BCUT2D eigenvalue weighted by atomic mass is 32.1. The molecular formula is C21H20N2OS. The van der Waals surface area contributed by atoms with E-state index in [4.69, 9.17) is 0 Å². The van der Waals surface area contributed by atoms with Crippen LogP contribution < -0.4 is 10.2 Å². The van der Waals surface area contributed by atoms with Crippen LogP contribution in [0.1, 0.15) is 34.6 Å². The summed E-state index contributed by atoms with van der Waals surface area (Å²) in [5, 5.41) is 5.58. The Bertz CT molecular complexity index is 861. The molecule has 126 valence electrons. The molecule has 2 unspecified atom stereocenters. The third-order valence-corrected chi connectivity index (χ3v) is 5.51. The van der Waals surface area contributed by atoms with Gasteiger partial charge in [0.15, 0.2) is 0 Å². The van der Waals surface area contributed by atoms with E-state index in [1.165, 1.54) is 16.9 Å². The van der Waals surface area contributed by atoms with Gasteiger partial charge in [-0.2, -0.15) is 0 Å². The Morgan fingerprint density at radius 1 is 1.04 bits per heavy atom. The number of benzene rings is 2. The molecule has 3 aromatic rings. The van der Waals surface area contributed by atoms with Crippen molar-refractivity contribution in [2.75, 3.05) is 10.2 Å². The van der Waals surface area contributed by atoms with Gasteiger partial charge >= 0.3 is 0 Å². The van der Waals surface area contributed by atoms with E-state index in [1.807, 2.05) is 52.7 Å². The zero-order valence-corrected chi connectivity index (χ0v) is 14.9. The molecule has 4 heteroatoms. The summed E-state index contributed by atoms with van der Waals surface area (Å²) in [5.74, 6) is 0.0908. The van der Waals surface area contributed by atoms with Crippen LogP contribution in [0, 0.1) is 0 Å². The Balaban J connectivity index is 1.69. The summed E-state index contributed by atoms with van der Waals surface area (Å²) in [6, 6.07) is 22.6. The normalized spacial score (nSPS) is 19.3. The molecule has 1 aliphatic rings. The van der Waals surface area contributed by atoms with E-state index in [-0.39, 0.29) is 18.0 Å². The standard InChI is InChI=1S/C21H20N2OS/c1-15-14-18(22-16-8-3-2-4-9-16)17-10-5-6-11-19(17)23(15)21(24)20-12-7-13-25-20/h2-13,15,18,22H,14H2,1H3. The number of rotatable bonds is 3. The molecule has 25 heavy (non-hydrogen) atoms. The van der Waals surface area contributed by atoms with Crippen LogP contribution >= 0.6 is 11.3 Å². The number of hydrogen-bond donors (Lipinski definition) is 1. The molecule has 3 nitrogen and oxygen atoms in total. The predicted molar refractivity (Wildman–Crippen MR) is 104 cm³/mol. The van der Waals surface area contributed by atoms with E-state index in [1.54, 1.807) is 0 Å². The van der Waals surface area contributed by atoms with Crippen molar-refractivity contribution in [3.63, 3.8) is 0 Å². The van der Waals surface area contributed by atoms with Gasteiger partial charge in [0.1, 0.15) is 0 Å². The second-order valence-electron chi connectivity index (χ2n) is 6.36. The first-order valence-electron chi connectivity index (χ1n) is 8.51. The minimum atomic E-state index is 0.0908. The number of thiophene rings is 1. The molecule has 1 aliphatic heterocycles. The van der Waals surface area contributed by atoms with Gasteiger partial charge < -0.3 is 10.2 Å². The minimum Gasteiger partial charge on any atom is -0.378 e. The number of nitrogens with zero attached hydrogens (tertiary/aromatic N) is 1. The highest BCUT2D eigenvalue weighted by Gasteiger charge is 2.34. The van der Waals surface area contributed by atoms with Crippen LogP contribution in [0.3, 0.4) is 0 Å². The van der Waals surface area contributed by atoms with Crippen LogP contribution in [0.4, 0.5) is 11.4 Å². The molecule has 2 aromatic carbocycles. The monoisotopic (exact) mass is 348 g/mol. The van der Waals surface area contributed by atoms with Crippen molar-refractivity contribution in [2.24, 2.45) is 0 Å². The highest BCUT2D eigenvalue weighted by molar-refractivity contribution is 7.12. The quantitative estimate of drug-likeness (QED) is 0.693. The lowest BCUT2D eigenvalue weighted by Gasteiger charge is -2.39. The van der Waals surface area contributed by atoms with Gasteiger partial charge in [-0.25, -0.2) is 0 Å². The molecule has 0 aliphatic carbocycles. The largest absolute Gasteiger partial charge is 0.378 e. The van der Waals surface area contributed by atoms with Gasteiger partial charge in [0.2, 0.25) is 0 Å². The average molecular weight is 348 g/mol. The van der Waals surface area contributed by atoms with Crippen molar-refractivity contribution in [3.05, 3.63) is 82.6 Å². The van der Waals surface area contributed by atoms with Crippen LogP contribution in [0.5, 0.6) is 0 Å². The van der Waals surface area contributed by atoms with Crippen LogP contribution in [-0.4, -0.2) is 11.9 Å². The molecule has 4 rings (SSSR count). The number of nitrogens with one attached hydrogen (secondary N) is 1. The zero-order chi connectivity index (χ0) is 17.2. The smallest absolute Gasteiger partial charge is 0.268 e. The van der Waals surface area contributed by atoms with Gasteiger partial charge in [0.05, 0.1) is 10.9 Å². The molecule has 1 N–H and O–H groups in total. The van der Waals surface area contributed by atoms with Crippen molar-refractivity contribution < 1.29 is 4.79 Å². The number of hydrogen-bond acceptors (Lipinski definition) is 3. The maximum atomic E-state index is 13.0.